The molecule has 0 spiro atoms. The van der Waals surface area contributed by atoms with Crippen molar-refractivity contribution >= 4 is 11.9 Å². The second-order valence-electron chi connectivity index (χ2n) is 3.94. The maximum atomic E-state index is 10.2. The molecule has 4 nitrogen and oxygen atoms in total. The van der Waals surface area contributed by atoms with E-state index in [1.807, 2.05) is 0 Å². The molecule has 0 rings (SSSR count). The van der Waals surface area contributed by atoms with E-state index in [4.69, 9.17) is 10.2 Å². The first-order valence-corrected chi connectivity index (χ1v) is 5.88. The summed E-state index contributed by atoms with van der Waals surface area (Å²) in [5.74, 6) is -1.49. The number of rotatable bonds is 11. The van der Waals surface area contributed by atoms with Crippen LogP contribution in [-0.2, 0) is 9.59 Å². The second-order valence-corrected chi connectivity index (χ2v) is 3.94. The molecule has 0 atom stereocenters. The first-order chi connectivity index (χ1) is 7.63. The molecule has 0 radical (unpaired) electrons. The Balaban J connectivity index is 0. The van der Waals surface area contributed by atoms with Crippen LogP contribution in [0.4, 0.5) is 0 Å². The van der Waals surface area contributed by atoms with E-state index in [2.05, 4.69) is 0 Å². The minimum absolute atomic E-state index is 0. The van der Waals surface area contributed by atoms with E-state index in [1.54, 1.807) is 6.42 Å². The number of carbonyl (C=O) groups is 2. The summed E-state index contributed by atoms with van der Waals surface area (Å²) in [7, 11) is 0. The van der Waals surface area contributed by atoms with E-state index < -0.39 is 11.9 Å². The molecule has 0 aromatic carbocycles. The van der Waals surface area contributed by atoms with Crippen LogP contribution in [0.5, 0.6) is 0 Å². The van der Waals surface area contributed by atoms with Gasteiger partial charge in [-0.3, -0.25) is 9.59 Å². The number of carboxylic acids is 2. The van der Waals surface area contributed by atoms with Crippen LogP contribution in [0, 0.1) is 6.42 Å². The van der Waals surface area contributed by atoms with Crippen molar-refractivity contribution in [1.82, 2.24) is 0 Å². The Morgan fingerprint density at radius 3 is 1.88 bits per heavy atom. The molecule has 2 N–H and O–H groups in total. The molecular formula is C12H21KO4. The van der Waals surface area contributed by atoms with Gasteiger partial charge in [0.15, 0.2) is 0 Å². The molecule has 94 valence electrons. The van der Waals surface area contributed by atoms with Crippen LogP contribution in [0.25, 0.3) is 0 Å². The van der Waals surface area contributed by atoms with Crippen LogP contribution in [0.3, 0.4) is 0 Å². The summed E-state index contributed by atoms with van der Waals surface area (Å²) in [6.07, 6.45) is 9.15. The van der Waals surface area contributed by atoms with Crippen molar-refractivity contribution < 1.29 is 71.2 Å². The Bertz CT molecular complexity index is 185. The normalized spacial score (nSPS) is 9.65. The van der Waals surface area contributed by atoms with Gasteiger partial charge in [0.2, 0.25) is 0 Å². The summed E-state index contributed by atoms with van der Waals surface area (Å²) in [5, 5.41) is 16.8. The molecule has 0 fully saturated rings. The van der Waals surface area contributed by atoms with Gasteiger partial charge in [-0.1, -0.05) is 38.5 Å². The van der Waals surface area contributed by atoms with Gasteiger partial charge in [0.1, 0.15) is 0 Å². The number of hydrogen-bond acceptors (Lipinski definition) is 2. The second kappa shape index (κ2) is 14.6. The smallest absolute Gasteiger partial charge is 0.483 e. The molecule has 0 saturated carbocycles. The van der Waals surface area contributed by atoms with Gasteiger partial charge in [-0.15, -0.1) is 0 Å². The molecule has 0 heterocycles. The van der Waals surface area contributed by atoms with E-state index in [0.29, 0.717) is 0 Å². The number of aliphatic carboxylic acids is 2. The Morgan fingerprint density at radius 2 is 1.35 bits per heavy atom. The molecule has 0 aliphatic rings. The van der Waals surface area contributed by atoms with Crippen molar-refractivity contribution in [3.8, 4) is 0 Å². The molecular weight excluding hydrogens is 247 g/mol. The van der Waals surface area contributed by atoms with Crippen LogP contribution in [0.2, 0.25) is 0 Å². The van der Waals surface area contributed by atoms with Crippen molar-refractivity contribution in [2.45, 2.75) is 57.8 Å². The fourth-order valence-corrected chi connectivity index (χ4v) is 1.50. The van der Waals surface area contributed by atoms with E-state index in [-0.39, 0.29) is 64.2 Å². The van der Waals surface area contributed by atoms with Crippen LogP contribution in [-0.4, -0.2) is 22.2 Å². The van der Waals surface area contributed by atoms with Gasteiger partial charge >= 0.3 is 57.4 Å². The maximum Gasteiger partial charge on any atom is 1.00 e. The SMILES string of the molecule is O=C(O)C[CH-]CCCCCCCCC(=O)O.[K+]. The summed E-state index contributed by atoms with van der Waals surface area (Å²) in [6.45, 7) is 0. The van der Waals surface area contributed by atoms with Crippen LogP contribution in [0.15, 0.2) is 0 Å². The summed E-state index contributed by atoms with van der Waals surface area (Å²) >= 11 is 0. The molecule has 0 aromatic heterocycles. The summed E-state index contributed by atoms with van der Waals surface area (Å²) in [5.41, 5.74) is 0. The van der Waals surface area contributed by atoms with Gasteiger partial charge in [-0.2, -0.15) is 6.42 Å². The molecule has 0 aliphatic heterocycles. The van der Waals surface area contributed by atoms with Crippen LogP contribution >= 0.6 is 0 Å². The maximum absolute atomic E-state index is 10.2. The number of carboxylic acid groups (broad SMARTS) is 2. The first kappa shape index (κ1) is 19.9. The first-order valence-electron chi connectivity index (χ1n) is 5.88. The topological polar surface area (TPSA) is 74.6 Å². The minimum atomic E-state index is -0.770. The van der Waals surface area contributed by atoms with Crippen molar-refractivity contribution in [2.75, 3.05) is 0 Å². The molecule has 0 aromatic rings. The predicted octanol–water partition coefficient (Wildman–Crippen LogP) is -0.125. The monoisotopic (exact) mass is 268 g/mol. The summed E-state index contributed by atoms with van der Waals surface area (Å²) in [6, 6.07) is 0. The Labute approximate surface area is 146 Å². The zero-order valence-electron chi connectivity index (χ0n) is 10.7. The van der Waals surface area contributed by atoms with Crippen molar-refractivity contribution in [3.63, 3.8) is 0 Å². The van der Waals surface area contributed by atoms with Crippen molar-refractivity contribution in [1.29, 1.82) is 0 Å². The molecule has 0 bridgehead atoms. The molecule has 0 unspecified atom stereocenters. The third-order valence-electron chi connectivity index (χ3n) is 2.37. The van der Waals surface area contributed by atoms with E-state index in [9.17, 15) is 9.59 Å². The molecule has 0 saturated heterocycles. The van der Waals surface area contributed by atoms with Gasteiger partial charge in [0, 0.05) is 6.42 Å². The number of unbranched alkanes of at least 4 members (excludes halogenated alkanes) is 7. The average molecular weight is 268 g/mol. The largest absolute Gasteiger partial charge is 1.00 e. The zero-order chi connectivity index (χ0) is 12.2. The summed E-state index contributed by atoms with van der Waals surface area (Å²) in [4.78, 5) is 20.4. The minimum Gasteiger partial charge on any atom is -0.483 e. The van der Waals surface area contributed by atoms with Crippen molar-refractivity contribution in [2.24, 2.45) is 0 Å². The van der Waals surface area contributed by atoms with Crippen LogP contribution in [0.1, 0.15) is 57.8 Å². The molecule has 5 heteroatoms. The van der Waals surface area contributed by atoms with Gasteiger partial charge in [-0.25, -0.2) is 0 Å². The Hall–Kier alpha value is 0.576. The van der Waals surface area contributed by atoms with E-state index >= 15 is 0 Å². The van der Waals surface area contributed by atoms with Crippen LogP contribution < -0.4 is 51.4 Å². The van der Waals surface area contributed by atoms with E-state index in [1.165, 1.54) is 0 Å². The third-order valence-corrected chi connectivity index (χ3v) is 2.37. The zero-order valence-corrected chi connectivity index (χ0v) is 13.8. The fourth-order valence-electron chi connectivity index (χ4n) is 1.50. The molecule has 0 amide bonds. The Kier molecular flexibility index (Phi) is 17.1. The van der Waals surface area contributed by atoms with Gasteiger partial charge in [0.05, 0.1) is 0 Å². The Morgan fingerprint density at radius 1 is 0.824 bits per heavy atom. The fraction of sp³-hybridized carbons (Fsp3) is 0.750. The standard InChI is InChI=1S/C12H21O4.K/c13-11(14)9-7-5-3-1-2-4-6-8-10-12(15)16;/h7H,1-6,8-10H2,(H,13,14)(H,15,16);/q-1;+1. The third kappa shape index (κ3) is 19.1. The molecule has 0 aliphatic carbocycles. The molecule has 17 heavy (non-hydrogen) atoms. The van der Waals surface area contributed by atoms with Crippen molar-refractivity contribution in [3.05, 3.63) is 6.42 Å². The van der Waals surface area contributed by atoms with E-state index in [0.717, 1.165) is 44.9 Å². The number of hydrogen-bond donors (Lipinski definition) is 2. The van der Waals surface area contributed by atoms with Gasteiger partial charge in [0.25, 0.3) is 5.97 Å². The summed E-state index contributed by atoms with van der Waals surface area (Å²) < 4.78 is 0. The average Bonchev–Trinajstić information content (AvgIpc) is 2.20. The van der Waals surface area contributed by atoms with Gasteiger partial charge in [-0.05, 0) is 6.42 Å². The predicted molar refractivity (Wildman–Crippen MR) is 61.1 cm³/mol. The van der Waals surface area contributed by atoms with Gasteiger partial charge < -0.3 is 16.6 Å². The quantitative estimate of drug-likeness (QED) is 0.311.